The minimum Gasteiger partial charge on any atom is -0.465 e. The Morgan fingerprint density at radius 1 is 1.47 bits per heavy atom. The first-order valence-corrected chi connectivity index (χ1v) is 5.33. The monoisotopic (exact) mass is 361 g/mol. The van der Waals surface area contributed by atoms with Crippen LogP contribution in [0.2, 0.25) is 0 Å². The van der Waals surface area contributed by atoms with E-state index in [2.05, 4.69) is 14.5 Å². The highest BCUT2D eigenvalue weighted by molar-refractivity contribution is 14.1. The predicted octanol–water partition coefficient (Wildman–Crippen LogP) is 2.68. The van der Waals surface area contributed by atoms with E-state index >= 15 is 0 Å². The van der Waals surface area contributed by atoms with Crippen molar-refractivity contribution >= 4 is 28.6 Å². The molecule has 4 nitrogen and oxygen atoms in total. The van der Waals surface area contributed by atoms with Crippen molar-refractivity contribution in [3.63, 3.8) is 0 Å². The fraction of sp³-hybridized carbons (Fsp3) is 0.333. The number of halogens is 4. The largest absolute Gasteiger partial charge is 0.574 e. The third kappa shape index (κ3) is 3.72. The van der Waals surface area contributed by atoms with Gasteiger partial charge in [0.15, 0.2) is 0 Å². The first kappa shape index (κ1) is 14.0. The molecule has 0 aromatic carbocycles. The number of carbonyl (C=O) groups excluding carboxylic acids is 1. The summed E-state index contributed by atoms with van der Waals surface area (Å²) in [6.45, 7) is 1.61. The van der Waals surface area contributed by atoms with Gasteiger partial charge in [0.25, 0.3) is 0 Å². The molecule has 0 saturated heterocycles. The molecule has 0 aliphatic rings. The lowest BCUT2D eigenvalue weighted by Gasteiger charge is -2.12. The highest BCUT2D eigenvalue weighted by Gasteiger charge is 2.34. The van der Waals surface area contributed by atoms with Gasteiger partial charge in [-0.3, -0.25) is 0 Å². The summed E-state index contributed by atoms with van der Waals surface area (Å²) in [6.07, 6.45) is -4.91. The Labute approximate surface area is 108 Å². The van der Waals surface area contributed by atoms with Crippen LogP contribution in [0.5, 0.6) is 5.88 Å². The predicted molar refractivity (Wildman–Crippen MR) is 59.7 cm³/mol. The van der Waals surface area contributed by atoms with Crippen molar-refractivity contribution in [2.75, 3.05) is 7.11 Å². The second-order valence-corrected chi connectivity index (χ2v) is 4.01. The number of carbonyl (C=O) groups is 1. The van der Waals surface area contributed by atoms with Gasteiger partial charge in [-0.15, -0.1) is 13.2 Å². The van der Waals surface area contributed by atoms with E-state index in [1.54, 1.807) is 29.5 Å². The van der Waals surface area contributed by atoms with Crippen molar-refractivity contribution in [3.8, 4) is 5.88 Å². The number of ether oxygens (including phenoxy) is 2. The lowest BCUT2D eigenvalue weighted by molar-refractivity contribution is -0.276. The number of rotatable bonds is 2. The lowest BCUT2D eigenvalue weighted by atomic mass is 10.2. The molecule has 17 heavy (non-hydrogen) atoms. The van der Waals surface area contributed by atoms with Crippen LogP contribution in [0.3, 0.4) is 0 Å². The topological polar surface area (TPSA) is 48.4 Å². The van der Waals surface area contributed by atoms with Gasteiger partial charge in [0.05, 0.1) is 7.11 Å². The van der Waals surface area contributed by atoms with Crippen LogP contribution in [-0.4, -0.2) is 24.4 Å². The SMILES string of the molecule is COC(=O)c1cc(C)c(I)nc1OC(F)(F)F. The molecule has 0 aliphatic carbocycles. The van der Waals surface area contributed by atoms with E-state index in [1.807, 2.05) is 0 Å². The van der Waals surface area contributed by atoms with Crippen LogP contribution >= 0.6 is 22.6 Å². The molecule has 0 amide bonds. The molecule has 1 aromatic heterocycles. The second-order valence-electron chi connectivity index (χ2n) is 2.99. The van der Waals surface area contributed by atoms with Gasteiger partial charge in [-0.1, -0.05) is 0 Å². The smallest absolute Gasteiger partial charge is 0.465 e. The number of nitrogens with zero attached hydrogens (tertiary/aromatic N) is 1. The summed E-state index contributed by atoms with van der Waals surface area (Å²) in [6, 6.07) is 1.24. The van der Waals surface area contributed by atoms with E-state index < -0.39 is 18.2 Å². The molecule has 0 atom stereocenters. The van der Waals surface area contributed by atoms with Crippen molar-refractivity contribution in [3.05, 3.63) is 20.9 Å². The molecule has 0 unspecified atom stereocenters. The Hall–Kier alpha value is -1.06. The summed E-state index contributed by atoms with van der Waals surface area (Å²) in [5.41, 5.74) is 0.197. The first-order chi connectivity index (χ1) is 7.74. The summed E-state index contributed by atoms with van der Waals surface area (Å²) >= 11 is 1.74. The fourth-order valence-electron chi connectivity index (χ4n) is 1.02. The van der Waals surface area contributed by atoms with Gasteiger partial charge >= 0.3 is 12.3 Å². The lowest BCUT2D eigenvalue weighted by Crippen LogP contribution is -2.21. The normalized spacial score (nSPS) is 11.2. The molecule has 0 saturated carbocycles. The number of aromatic nitrogens is 1. The standard InChI is InChI=1S/C9H7F3INO3/c1-4-3-5(8(15)16-2)7(14-6(4)13)17-9(10,11)12/h3H,1-2H3. The summed E-state index contributed by atoms with van der Waals surface area (Å²) in [7, 11) is 1.06. The van der Waals surface area contributed by atoms with Crippen LogP contribution in [0, 0.1) is 10.6 Å². The van der Waals surface area contributed by atoms with Crippen molar-refractivity contribution in [1.82, 2.24) is 4.98 Å². The van der Waals surface area contributed by atoms with Crippen LogP contribution in [0.1, 0.15) is 15.9 Å². The van der Waals surface area contributed by atoms with Crippen molar-refractivity contribution in [1.29, 1.82) is 0 Å². The summed E-state index contributed by atoms with van der Waals surface area (Å²) < 4.78 is 44.7. The van der Waals surface area contributed by atoms with Gasteiger partial charge in [0.2, 0.25) is 5.88 Å². The Morgan fingerprint density at radius 3 is 2.53 bits per heavy atom. The third-order valence-electron chi connectivity index (χ3n) is 1.73. The second kappa shape index (κ2) is 5.07. The maximum absolute atomic E-state index is 12.1. The molecule has 0 aliphatic heterocycles. The van der Waals surface area contributed by atoms with E-state index in [-0.39, 0.29) is 5.56 Å². The molecular weight excluding hydrogens is 354 g/mol. The van der Waals surface area contributed by atoms with Crippen molar-refractivity contribution < 1.29 is 27.4 Å². The van der Waals surface area contributed by atoms with Gasteiger partial charge in [-0.05, 0) is 41.1 Å². The molecule has 94 valence electrons. The number of hydrogen-bond acceptors (Lipinski definition) is 4. The molecule has 0 N–H and O–H groups in total. The first-order valence-electron chi connectivity index (χ1n) is 4.26. The van der Waals surface area contributed by atoms with Crippen LogP contribution in [-0.2, 0) is 4.74 Å². The van der Waals surface area contributed by atoms with Crippen LogP contribution in [0.15, 0.2) is 6.07 Å². The molecule has 0 fully saturated rings. The third-order valence-corrected chi connectivity index (χ3v) is 2.83. The minimum absolute atomic E-state index is 0.314. The highest BCUT2D eigenvalue weighted by atomic mass is 127. The highest BCUT2D eigenvalue weighted by Crippen LogP contribution is 2.27. The fourth-order valence-corrected chi connectivity index (χ4v) is 1.39. The van der Waals surface area contributed by atoms with Crippen molar-refractivity contribution in [2.45, 2.75) is 13.3 Å². The molecule has 1 aromatic rings. The number of methoxy groups -OCH3 is 1. The number of hydrogen-bond donors (Lipinski definition) is 0. The molecule has 1 heterocycles. The number of pyridine rings is 1. The molecule has 8 heteroatoms. The van der Waals surface area contributed by atoms with Crippen LogP contribution < -0.4 is 4.74 Å². The van der Waals surface area contributed by atoms with Gasteiger partial charge in [-0.2, -0.15) is 0 Å². The van der Waals surface area contributed by atoms with E-state index in [4.69, 9.17) is 0 Å². The van der Waals surface area contributed by atoms with Crippen LogP contribution in [0.25, 0.3) is 0 Å². The quantitative estimate of drug-likeness (QED) is 0.462. The summed E-state index contributed by atoms with van der Waals surface area (Å²) in [4.78, 5) is 14.8. The summed E-state index contributed by atoms with van der Waals surface area (Å²) in [5.74, 6) is -1.74. The zero-order valence-corrected chi connectivity index (χ0v) is 10.9. The summed E-state index contributed by atoms with van der Waals surface area (Å²) in [5, 5.41) is 0. The number of alkyl halides is 3. The maximum Gasteiger partial charge on any atom is 0.574 e. The maximum atomic E-state index is 12.1. The Morgan fingerprint density at radius 2 is 2.06 bits per heavy atom. The molecular formula is C9H7F3INO3. The van der Waals surface area contributed by atoms with E-state index in [0.717, 1.165) is 7.11 Å². The molecule has 0 spiro atoms. The zero-order chi connectivity index (χ0) is 13.2. The van der Waals surface area contributed by atoms with Crippen LogP contribution in [0.4, 0.5) is 13.2 Å². The number of aryl methyl sites for hydroxylation is 1. The van der Waals surface area contributed by atoms with Gasteiger partial charge in [-0.25, -0.2) is 9.78 Å². The average Bonchev–Trinajstić information content (AvgIpc) is 2.20. The van der Waals surface area contributed by atoms with Gasteiger partial charge < -0.3 is 9.47 Å². The molecule has 1 rings (SSSR count). The average molecular weight is 361 g/mol. The minimum atomic E-state index is -4.91. The van der Waals surface area contributed by atoms with Gasteiger partial charge in [0.1, 0.15) is 9.26 Å². The molecule has 0 bridgehead atoms. The number of esters is 1. The van der Waals surface area contributed by atoms with E-state index in [9.17, 15) is 18.0 Å². The Bertz CT molecular complexity index is 448. The Kier molecular flexibility index (Phi) is 4.17. The van der Waals surface area contributed by atoms with E-state index in [1.165, 1.54) is 6.07 Å². The van der Waals surface area contributed by atoms with Crippen molar-refractivity contribution in [2.24, 2.45) is 0 Å². The Balaban J connectivity index is 3.26. The zero-order valence-electron chi connectivity index (χ0n) is 8.76. The van der Waals surface area contributed by atoms with Gasteiger partial charge in [0, 0.05) is 0 Å². The molecule has 0 radical (unpaired) electrons. The van der Waals surface area contributed by atoms with E-state index in [0.29, 0.717) is 9.26 Å².